The number of carbonyl (C=O) groups excluding carboxylic acids is 1. The van der Waals surface area contributed by atoms with Gasteiger partial charge in [0.05, 0.1) is 17.4 Å². The number of nitrogens with zero attached hydrogens (tertiary/aromatic N) is 3. The lowest BCUT2D eigenvalue weighted by Gasteiger charge is -2.24. The van der Waals surface area contributed by atoms with E-state index >= 15 is 0 Å². The summed E-state index contributed by atoms with van der Waals surface area (Å²) >= 11 is 12.1. The molecular weight excluding hydrogens is 383 g/mol. The summed E-state index contributed by atoms with van der Waals surface area (Å²) < 4.78 is 29.0. The Balaban J connectivity index is 2.13. The molecule has 1 heterocycles. The lowest BCUT2D eigenvalue weighted by Crippen LogP contribution is -2.35. The fraction of sp³-hybridized carbons (Fsp3) is 0.111. The molecule has 8 heteroatoms. The fourth-order valence-corrected chi connectivity index (χ4v) is 3.10. The standard InChI is InChI=1S/C18H13Cl2F2N3O/c1-24-10-11(9-23-24)17(26)25(18(21)22)16-5-3-2-4-14(16)13-7-6-12(19)8-15(13)20/h2-10,18H,1H3. The monoisotopic (exact) mass is 395 g/mol. The number of hydrogen-bond donors (Lipinski definition) is 0. The highest BCUT2D eigenvalue weighted by atomic mass is 35.5. The maximum absolute atomic E-state index is 13.8. The molecule has 1 amide bonds. The Hall–Kier alpha value is -2.44. The summed E-state index contributed by atoms with van der Waals surface area (Å²) in [5.74, 6) is -0.856. The molecule has 26 heavy (non-hydrogen) atoms. The van der Waals surface area contributed by atoms with Crippen molar-refractivity contribution in [2.75, 3.05) is 4.90 Å². The number of halogens is 4. The van der Waals surface area contributed by atoms with Gasteiger partial charge in [-0.3, -0.25) is 9.48 Å². The molecule has 0 N–H and O–H groups in total. The maximum atomic E-state index is 13.8. The van der Waals surface area contributed by atoms with Crippen LogP contribution in [0.1, 0.15) is 10.4 Å². The zero-order chi connectivity index (χ0) is 18.8. The number of aromatic nitrogens is 2. The van der Waals surface area contributed by atoms with Crippen molar-refractivity contribution in [3.8, 4) is 11.1 Å². The van der Waals surface area contributed by atoms with Crippen molar-refractivity contribution in [3.63, 3.8) is 0 Å². The SMILES string of the molecule is Cn1cc(C(=O)N(c2ccccc2-c2ccc(Cl)cc2Cl)C(F)F)cn1. The van der Waals surface area contributed by atoms with Crippen molar-refractivity contribution < 1.29 is 13.6 Å². The maximum Gasteiger partial charge on any atom is 0.321 e. The highest BCUT2D eigenvalue weighted by molar-refractivity contribution is 6.36. The molecule has 3 aromatic rings. The van der Waals surface area contributed by atoms with Gasteiger partial charge in [-0.2, -0.15) is 13.9 Å². The number of benzene rings is 2. The molecule has 0 saturated carbocycles. The van der Waals surface area contributed by atoms with Crippen molar-refractivity contribution in [1.82, 2.24) is 9.78 Å². The molecule has 0 bridgehead atoms. The topological polar surface area (TPSA) is 38.1 Å². The molecule has 0 saturated heterocycles. The van der Waals surface area contributed by atoms with Gasteiger partial charge in [0.2, 0.25) is 0 Å². The Bertz CT molecular complexity index is 959. The van der Waals surface area contributed by atoms with E-state index in [9.17, 15) is 13.6 Å². The van der Waals surface area contributed by atoms with Crippen LogP contribution in [-0.2, 0) is 7.05 Å². The summed E-state index contributed by atoms with van der Waals surface area (Å²) in [5, 5.41) is 4.59. The van der Waals surface area contributed by atoms with Gasteiger partial charge in [0, 0.05) is 34.4 Å². The molecule has 0 radical (unpaired) electrons. The number of carbonyl (C=O) groups is 1. The molecule has 0 unspecified atom stereocenters. The van der Waals surface area contributed by atoms with Gasteiger partial charge >= 0.3 is 6.55 Å². The highest BCUT2D eigenvalue weighted by Crippen LogP contribution is 2.38. The molecule has 0 aliphatic rings. The number of amides is 1. The summed E-state index contributed by atoms with van der Waals surface area (Å²) in [7, 11) is 1.60. The van der Waals surface area contributed by atoms with Crippen LogP contribution in [0.15, 0.2) is 54.9 Å². The normalized spacial score (nSPS) is 11.0. The molecule has 0 spiro atoms. The minimum Gasteiger partial charge on any atom is -0.275 e. The number of para-hydroxylation sites is 1. The Morgan fingerprint density at radius 2 is 1.88 bits per heavy atom. The summed E-state index contributed by atoms with van der Waals surface area (Å²) in [6, 6.07) is 11.1. The zero-order valence-electron chi connectivity index (χ0n) is 13.5. The largest absolute Gasteiger partial charge is 0.321 e. The van der Waals surface area contributed by atoms with Crippen LogP contribution < -0.4 is 4.90 Å². The third-order valence-electron chi connectivity index (χ3n) is 3.75. The van der Waals surface area contributed by atoms with Crippen molar-refractivity contribution in [2.45, 2.75) is 6.55 Å². The summed E-state index contributed by atoms with van der Waals surface area (Å²) in [6.07, 6.45) is 2.63. The Morgan fingerprint density at radius 1 is 1.15 bits per heavy atom. The Morgan fingerprint density at radius 3 is 2.50 bits per heavy atom. The lowest BCUT2D eigenvalue weighted by molar-refractivity contribution is 0.0839. The van der Waals surface area contributed by atoms with Crippen molar-refractivity contribution in [3.05, 3.63) is 70.5 Å². The third-order valence-corrected chi connectivity index (χ3v) is 4.30. The molecule has 0 aliphatic heterocycles. The second-order valence-corrected chi connectivity index (χ2v) is 6.34. The molecule has 0 atom stereocenters. The van der Waals surface area contributed by atoms with E-state index in [4.69, 9.17) is 23.2 Å². The first-order valence-corrected chi connectivity index (χ1v) is 8.29. The second-order valence-electron chi connectivity index (χ2n) is 5.50. The van der Waals surface area contributed by atoms with E-state index < -0.39 is 12.5 Å². The number of aryl methyl sites for hydroxylation is 1. The van der Waals surface area contributed by atoms with E-state index in [0.717, 1.165) is 0 Å². The summed E-state index contributed by atoms with van der Waals surface area (Å²) in [5.41, 5.74) is 0.994. The second kappa shape index (κ2) is 7.43. The van der Waals surface area contributed by atoms with Gasteiger partial charge in [0.15, 0.2) is 0 Å². The quantitative estimate of drug-likeness (QED) is 0.564. The molecule has 0 fully saturated rings. The van der Waals surface area contributed by atoms with Gasteiger partial charge in [0.25, 0.3) is 5.91 Å². The van der Waals surface area contributed by atoms with Crippen molar-refractivity contribution in [2.24, 2.45) is 7.05 Å². The first-order chi connectivity index (χ1) is 12.4. The van der Waals surface area contributed by atoms with E-state index in [2.05, 4.69) is 5.10 Å². The van der Waals surface area contributed by atoms with E-state index in [-0.39, 0.29) is 11.3 Å². The summed E-state index contributed by atoms with van der Waals surface area (Å²) in [4.78, 5) is 13.1. The van der Waals surface area contributed by atoms with Crippen LogP contribution in [0.25, 0.3) is 11.1 Å². The van der Waals surface area contributed by atoms with E-state index in [1.54, 1.807) is 37.4 Å². The first kappa shape index (κ1) is 18.4. The molecule has 4 nitrogen and oxygen atoms in total. The Kier molecular flexibility index (Phi) is 5.25. The molecule has 3 rings (SSSR count). The summed E-state index contributed by atoms with van der Waals surface area (Å²) in [6.45, 7) is -3.05. The van der Waals surface area contributed by atoms with Gasteiger partial charge < -0.3 is 0 Å². The average Bonchev–Trinajstić information content (AvgIpc) is 3.02. The van der Waals surface area contributed by atoms with Crippen LogP contribution in [0, 0.1) is 0 Å². The van der Waals surface area contributed by atoms with Crippen LogP contribution in [0.5, 0.6) is 0 Å². The van der Waals surface area contributed by atoms with Crippen LogP contribution in [-0.4, -0.2) is 22.2 Å². The molecule has 1 aromatic heterocycles. The lowest BCUT2D eigenvalue weighted by atomic mass is 10.0. The predicted molar refractivity (Wildman–Crippen MR) is 97.9 cm³/mol. The number of anilines is 1. The van der Waals surface area contributed by atoms with E-state index in [1.165, 1.54) is 29.2 Å². The number of alkyl halides is 2. The minimum atomic E-state index is -3.05. The molecule has 2 aromatic carbocycles. The smallest absolute Gasteiger partial charge is 0.275 e. The minimum absolute atomic E-state index is 0.0422. The van der Waals surface area contributed by atoms with Gasteiger partial charge in [-0.05, 0) is 18.2 Å². The number of hydrogen-bond acceptors (Lipinski definition) is 2. The third kappa shape index (κ3) is 3.57. The van der Waals surface area contributed by atoms with Crippen LogP contribution >= 0.6 is 23.2 Å². The average molecular weight is 396 g/mol. The number of rotatable bonds is 4. The fourth-order valence-electron chi connectivity index (χ4n) is 2.59. The van der Waals surface area contributed by atoms with E-state index in [0.29, 0.717) is 26.1 Å². The Labute approximate surface area is 158 Å². The van der Waals surface area contributed by atoms with Crippen LogP contribution in [0.4, 0.5) is 14.5 Å². The molecule has 0 aliphatic carbocycles. The van der Waals surface area contributed by atoms with E-state index in [1.807, 2.05) is 0 Å². The highest BCUT2D eigenvalue weighted by Gasteiger charge is 2.29. The molecular formula is C18H13Cl2F2N3O. The predicted octanol–water partition coefficient (Wildman–Crippen LogP) is 5.26. The van der Waals surface area contributed by atoms with Gasteiger partial charge in [-0.15, -0.1) is 0 Å². The first-order valence-electron chi connectivity index (χ1n) is 7.53. The van der Waals surface area contributed by atoms with Crippen LogP contribution in [0.2, 0.25) is 10.0 Å². The molecule has 134 valence electrons. The van der Waals surface area contributed by atoms with Gasteiger partial charge in [-0.25, -0.2) is 4.90 Å². The zero-order valence-corrected chi connectivity index (χ0v) is 15.0. The van der Waals surface area contributed by atoms with Crippen molar-refractivity contribution >= 4 is 34.8 Å². The van der Waals surface area contributed by atoms with Crippen molar-refractivity contribution in [1.29, 1.82) is 0 Å². The van der Waals surface area contributed by atoms with Gasteiger partial charge in [-0.1, -0.05) is 47.5 Å². The van der Waals surface area contributed by atoms with Crippen LogP contribution in [0.3, 0.4) is 0 Å². The van der Waals surface area contributed by atoms with Gasteiger partial charge in [0.1, 0.15) is 0 Å².